The second kappa shape index (κ2) is 6.71. The highest BCUT2D eigenvalue weighted by atomic mass is 16.3. The maximum absolute atomic E-state index is 12.6. The van der Waals surface area contributed by atoms with Gasteiger partial charge in [-0.2, -0.15) is 0 Å². The third kappa shape index (κ3) is 2.91. The average molecular weight is 399 g/mol. The Balaban J connectivity index is 1.73. The predicted octanol–water partition coefficient (Wildman–Crippen LogP) is 4.96. The number of rotatable bonds is 4. The van der Waals surface area contributed by atoms with Crippen LogP contribution in [0.1, 0.15) is 24.0 Å². The monoisotopic (exact) mass is 398 g/mol. The van der Waals surface area contributed by atoms with E-state index >= 15 is 0 Å². The van der Waals surface area contributed by atoms with E-state index in [-0.39, 0.29) is 16.7 Å². The summed E-state index contributed by atoms with van der Waals surface area (Å²) >= 11 is 0. The van der Waals surface area contributed by atoms with Crippen LogP contribution in [0.5, 0.6) is 5.75 Å². The Morgan fingerprint density at radius 3 is 2.33 bits per heavy atom. The SMILES string of the molecule is Cc1cc(O)c(-c2ccc(C3(CN(C)C)CC3)cc2)c2c1[nH]c(=O)c1ccccc12. The van der Waals surface area contributed by atoms with Crippen LogP contribution in [-0.4, -0.2) is 35.6 Å². The van der Waals surface area contributed by atoms with E-state index in [4.69, 9.17) is 0 Å². The first-order valence-corrected chi connectivity index (χ1v) is 10.4. The molecule has 30 heavy (non-hydrogen) atoms. The minimum absolute atomic E-state index is 0.104. The number of aromatic hydroxyl groups is 1. The Morgan fingerprint density at radius 1 is 1.03 bits per heavy atom. The summed E-state index contributed by atoms with van der Waals surface area (Å²) in [5, 5.41) is 13.3. The number of pyridine rings is 1. The first-order valence-electron chi connectivity index (χ1n) is 10.4. The lowest BCUT2D eigenvalue weighted by atomic mass is 9.90. The topological polar surface area (TPSA) is 56.3 Å². The van der Waals surface area contributed by atoms with E-state index in [1.807, 2.05) is 31.2 Å². The summed E-state index contributed by atoms with van der Waals surface area (Å²) in [7, 11) is 4.24. The molecule has 0 spiro atoms. The number of aromatic nitrogens is 1. The number of phenols is 1. The molecule has 0 aliphatic heterocycles. The second-order valence-electron chi connectivity index (χ2n) is 8.93. The van der Waals surface area contributed by atoms with Crippen LogP contribution >= 0.6 is 0 Å². The molecule has 1 aliphatic rings. The van der Waals surface area contributed by atoms with E-state index in [1.54, 1.807) is 6.07 Å². The van der Waals surface area contributed by atoms with Crippen molar-refractivity contribution >= 4 is 21.7 Å². The smallest absolute Gasteiger partial charge is 0.256 e. The molecule has 1 aliphatic carbocycles. The molecule has 0 atom stereocenters. The van der Waals surface area contributed by atoms with E-state index in [2.05, 4.69) is 48.2 Å². The van der Waals surface area contributed by atoms with E-state index in [0.717, 1.165) is 39.5 Å². The van der Waals surface area contributed by atoms with Gasteiger partial charge in [0.15, 0.2) is 0 Å². The standard InChI is InChI=1S/C26H26N2O2/c1-16-14-21(29)22(23-19-6-4-5-7-20(19)25(30)27-24(16)23)17-8-10-18(11-9-17)26(12-13-26)15-28(2)3/h4-11,14,29H,12-13,15H2,1-3H3,(H,27,30). The Hall–Kier alpha value is -3.11. The number of likely N-dealkylation sites (N-methyl/N-ethyl adjacent to an activating group) is 1. The number of hydrogen-bond acceptors (Lipinski definition) is 3. The first kappa shape index (κ1) is 18.9. The Bertz CT molecular complexity index is 1330. The van der Waals surface area contributed by atoms with Crippen molar-refractivity contribution in [3.63, 3.8) is 0 Å². The minimum Gasteiger partial charge on any atom is -0.507 e. The zero-order valence-corrected chi connectivity index (χ0v) is 17.6. The average Bonchev–Trinajstić information content (AvgIpc) is 3.49. The van der Waals surface area contributed by atoms with Crippen molar-refractivity contribution in [3.8, 4) is 16.9 Å². The molecule has 0 bridgehead atoms. The van der Waals surface area contributed by atoms with Crippen molar-refractivity contribution in [2.45, 2.75) is 25.2 Å². The van der Waals surface area contributed by atoms with Crippen molar-refractivity contribution in [3.05, 3.63) is 76.1 Å². The van der Waals surface area contributed by atoms with Crippen LogP contribution < -0.4 is 5.56 Å². The molecule has 3 aromatic carbocycles. The fourth-order valence-corrected chi connectivity index (χ4v) is 4.89. The molecular weight excluding hydrogens is 372 g/mol. The van der Waals surface area contributed by atoms with Gasteiger partial charge in [-0.05, 0) is 68.1 Å². The Kier molecular flexibility index (Phi) is 4.23. The van der Waals surface area contributed by atoms with Crippen molar-refractivity contribution in [1.82, 2.24) is 9.88 Å². The maximum atomic E-state index is 12.6. The van der Waals surface area contributed by atoms with Gasteiger partial charge in [-0.1, -0.05) is 42.5 Å². The number of H-pyrrole nitrogens is 1. The second-order valence-corrected chi connectivity index (χ2v) is 8.93. The Labute approximate surface area is 175 Å². The van der Waals surface area contributed by atoms with E-state index in [0.29, 0.717) is 5.39 Å². The summed E-state index contributed by atoms with van der Waals surface area (Å²) in [4.78, 5) is 17.9. The molecule has 5 rings (SSSR count). The quantitative estimate of drug-likeness (QED) is 0.478. The molecule has 1 heterocycles. The normalized spacial score (nSPS) is 15.2. The van der Waals surface area contributed by atoms with Gasteiger partial charge < -0.3 is 15.0 Å². The van der Waals surface area contributed by atoms with Gasteiger partial charge in [0.1, 0.15) is 5.75 Å². The highest BCUT2D eigenvalue weighted by Crippen LogP contribution is 2.49. The summed E-state index contributed by atoms with van der Waals surface area (Å²) in [6.45, 7) is 2.97. The van der Waals surface area contributed by atoms with E-state index in [9.17, 15) is 9.90 Å². The van der Waals surface area contributed by atoms with Gasteiger partial charge in [0.25, 0.3) is 5.56 Å². The Morgan fingerprint density at radius 2 is 1.70 bits per heavy atom. The number of hydrogen-bond donors (Lipinski definition) is 2. The summed E-state index contributed by atoms with van der Waals surface area (Å²) in [6, 6.07) is 17.9. The maximum Gasteiger partial charge on any atom is 0.256 e. The number of nitrogens with zero attached hydrogens (tertiary/aromatic N) is 1. The summed E-state index contributed by atoms with van der Waals surface area (Å²) in [5.41, 5.74) is 4.88. The van der Waals surface area contributed by atoms with Crippen LogP contribution in [0.2, 0.25) is 0 Å². The molecule has 1 saturated carbocycles. The summed E-state index contributed by atoms with van der Waals surface area (Å²) in [6.07, 6.45) is 2.43. The van der Waals surface area contributed by atoms with Crippen molar-refractivity contribution < 1.29 is 5.11 Å². The zero-order valence-electron chi connectivity index (χ0n) is 17.6. The van der Waals surface area contributed by atoms with Gasteiger partial charge in [-0.15, -0.1) is 0 Å². The van der Waals surface area contributed by atoms with Crippen LogP contribution in [0.15, 0.2) is 59.4 Å². The van der Waals surface area contributed by atoms with E-state index < -0.39 is 0 Å². The van der Waals surface area contributed by atoms with Gasteiger partial charge in [-0.25, -0.2) is 0 Å². The number of phenolic OH excluding ortho intramolecular Hbond substituents is 1. The summed E-state index contributed by atoms with van der Waals surface area (Å²) < 4.78 is 0. The first-order chi connectivity index (χ1) is 14.4. The number of benzene rings is 3. The fourth-order valence-electron chi connectivity index (χ4n) is 4.89. The largest absolute Gasteiger partial charge is 0.507 e. The van der Waals surface area contributed by atoms with Gasteiger partial charge in [0.2, 0.25) is 0 Å². The molecule has 0 amide bonds. The number of aryl methyl sites for hydroxylation is 1. The van der Waals surface area contributed by atoms with Crippen molar-refractivity contribution in [1.29, 1.82) is 0 Å². The van der Waals surface area contributed by atoms with E-state index in [1.165, 1.54) is 18.4 Å². The third-order valence-corrected chi connectivity index (χ3v) is 6.44. The molecule has 0 unspecified atom stereocenters. The molecule has 1 fully saturated rings. The van der Waals surface area contributed by atoms with Gasteiger partial charge >= 0.3 is 0 Å². The lowest BCUT2D eigenvalue weighted by Gasteiger charge is -2.21. The molecule has 2 N–H and O–H groups in total. The molecule has 1 aromatic heterocycles. The molecule has 0 radical (unpaired) electrons. The molecule has 4 heteroatoms. The summed E-state index contributed by atoms with van der Waals surface area (Å²) in [5.74, 6) is 0.236. The number of fused-ring (bicyclic) bond motifs is 3. The van der Waals surface area contributed by atoms with Crippen LogP contribution in [0.3, 0.4) is 0 Å². The highest BCUT2D eigenvalue weighted by Gasteiger charge is 2.44. The predicted molar refractivity (Wildman–Crippen MR) is 123 cm³/mol. The molecule has 4 aromatic rings. The lowest BCUT2D eigenvalue weighted by Crippen LogP contribution is -2.25. The van der Waals surface area contributed by atoms with Crippen LogP contribution in [0.25, 0.3) is 32.8 Å². The molecule has 0 saturated heterocycles. The van der Waals surface area contributed by atoms with Gasteiger partial charge in [0, 0.05) is 28.3 Å². The third-order valence-electron chi connectivity index (χ3n) is 6.44. The van der Waals surface area contributed by atoms with Crippen LogP contribution in [0.4, 0.5) is 0 Å². The molecule has 152 valence electrons. The number of nitrogens with one attached hydrogen (secondary N) is 1. The fraction of sp³-hybridized carbons (Fsp3) is 0.269. The molecule has 4 nitrogen and oxygen atoms in total. The zero-order chi connectivity index (χ0) is 21.0. The minimum atomic E-state index is -0.104. The van der Waals surface area contributed by atoms with Crippen molar-refractivity contribution in [2.24, 2.45) is 0 Å². The van der Waals surface area contributed by atoms with Crippen LogP contribution in [0, 0.1) is 6.92 Å². The van der Waals surface area contributed by atoms with Gasteiger partial charge in [-0.3, -0.25) is 4.79 Å². The van der Waals surface area contributed by atoms with Crippen LogP contribution in [-0.2, 0) is 5.41 Å². The lowest BCUT2D eigenvalue weighted by molar-refractivity contribution is 0.362. The highest BCUT2D eigenvalue weighted by molar-refractivity contribution is 6.14. The van der Waals surface area contributed by atoms with Gasteiger partial charge in [0.05, 0.1) is 5.52 Å². The molecular formula is C26H26N2O2. The van der Waals surface area contributed by atoms with Crippen molar-refractivity contribution in [2.75, 3.05) is 20.6 Å². The number of aromatic amines is 1.